The van der Waals surface area contributed by atoms with Crippen molar-refractivity contribution >= 4 is 28.3 Å². The molecule has 0 radical (unpaired) electrons. The Balaban J connectivity index is 1.89. The highest BCUT2D eigenvalue weighted by atomic mass is 16.6. The molecule has 116 valence electrons. The van der Waals surface area contributed by atoms with Gasteiger partial charge in [-0.25, -0.2) is 4.98 Å². The van der Waals surface area contributed by atoms with Crippen LogP contribution in [0.4, 0.5) is 11.4 Å². The summed E-state index contributed by atoms with van der Waals surface area (Å²) in [5.74, 6) is -0.435. The van der Waals surface area contributed by atoms with E-state index in [9.17, 15) is 14.9 Å². The van der Waals surface area contributed by atoms with E-state index >= 15 is 0 Å². The van der Waals surface area contributed by atoms with Crippen LogP contribution in [0.5, 0.6) is 0 Å². The summed E-state index contributed by atoms with van der Waals surface area (Å²) in [5.41, 5.74) is 2.53. The Bertz CT molecular complexity index is 932. The standard InChI is InChI=1S/C15H13N5O3/c1-8-3-4-10(5-13(8)20(22)23)15(21)17-11-6-12-9(2)18-19-14(12)16-7-11/h3-7H,1-2H3,(H,17,21)(H,16,18,19). The number of aromatic nitrogens is 3. The van der Waals surface area contributed by atoms with Crippen molar-refractivity contribution < 1.29 is 9.72 Å². The number of nitro benzene ring substituents is 1. The van der Waals surface area contributed by atoms with Crippen LogP contribution in [0.3, 0.4) is 0 Å². The zero-order valence-electron chi connectivity index (χ0n) is 12.5. The molecular weight excluding hydrogens is 298 g/mol. The number of benzene rings is 1. The minimum atomic E-state index is -0.505. The molecule has 0 bridgehead atoms. The van der Waals surface area contributed by atoms with Gasteiger partial charge in [0.2, 0.25) is 0 Å². The summed E-state index contributed by atoms with van der Waals surface area (Å²) in [4.78, 5) is 26.9. The number of nitro groups is 1. The van der Waals surface area contributed by atoms with E-state index in [-0.39, 0.29) is 11.3 Å². The first-order valence-corrected chi connectivity index (χ1v) is 6.83. The maximum absolute atomic E-state index is 12.3. The predicted molar refractivity (Wildman–Crippen MR) is 84.4 cm³/mol. The highest BCUT2D eigenvalue weighted by Crippen LogP contribution is 2.21. The molecule has 0 fully saturated rings. The van der Waals surface area contributed by atoms with Gasteiger partial charge in [0.1, 0.15) is 0 Å². The molecule has 1 amide bonds. The summed E-state index contributed by atoms with van der Waals surface area (Å²) in [6.07, 6.45) is 1.49. The SMILES string of the molecule is Cc1ccc(C(=O)Nc2cnc3n[nH]c(C)c3c2)cc1[N+](=O)[O-]. The minimum absolute atomic E-state index is 0.0862. The second kappa shape index (κ2) is 5.48. The monoisotopic (exact) mass is 311 g/mol. The van der Waals surface area contributed by atoms with Crippen LogP contribution in [-0.2, 0) is 0 Å². The van der Waals surface area contributed by atoms with Crippen molar-refractivity contribution in [3.8, 4) is 0 Å². The van der Waals surface area contributed by atoms with Gasteiger partial charge < -0.3 is 5.32 Å². The average molecular weight is 311 g/mol. The van der Waals surface area contributed by atoms with Crippen LogP contribution in [-0.4, -0.2) is 26.0 Å². The van der Waals surface area contributed by atoms with Gasteiger partial charge in [-0.15, -0.1) is 0 Å². The van der Waals surface area contributed by atoms with Gasteiger partial charge in [0.15, 0.2) is 5.65 Å². The summed E-state index contributed by atoms with van der Waals surface area (Å²) in [6, 6.07) is 6.11. The number of nitrogens with one attached hydrogen (secondary N) is 2. The molecule has 0 spiro atoms. The van der Waals surface area contributed by atoms with Crippen molar-refractivity contribution in [1.82, 2.24) is 15.2 Å². The Labute approximate surface area is 130 Å². The summed E-state index contributed by atoms with van der Waals surface area (Å²) in [7, 11) is 0. The van der Waals surface area contributed by atoms with E-state index < -0.39 is 10.8 Å². The van der Waals surface area contributed by atoms with Crippen molar-refractivity contribution in [2.75, 3.05) is 5.32 Å². The Morgan fingerprint density at radius 2 is 2.09 bits per heavy atom. The van der Waals surface area contributed by atoms with Crippen molar-refractivity contribution in [2.45, 2.75) is 13.8 Å². The fourth-order valence-electron chi connectivity index (χ4n) is 2.24. The van der Waals surface area contributed by atoms with Crippen LogP contribution in [0.2, 0.25) is 0 Å². The first kappa shape index (κ1) is 14.6. The van der Waals surface area contributed by atoms with Crippen LogP contribution in [0, 0.1) is 24.0 Å². The molecule has 0 aliphatic rings. The molecular formula is C15H13N5O3. The van der Waals surface area contributed by atoms with E-state index in [1.807, 2.05) is 6.92 Å². The number of aromatic amines is 1. The first-order chi connectivity index (χ1) is 11.0. The number of pyridine rings is 1. The van der Waals surface area contributed by atoms with E-state index in [1.165, 1.54) is 12.3 Å². The van der Waals surface area contributed by atoms with Crippen molar-refractivity contribution in [3.63, 3.8) is 0 Å². The smallest absolute Gasteiger partial charge is 0.273 e. The Morgan fingerprint density at radius 3 is 2.83 bits per heavy atom. The normalized spacial score (nSPS) is 10.7. The zero-order valence-corrected chi connectivity index (χ0v) is 12.5. The molecule has 3 aromatic rings. The van der Waals surface area contributed by atoms with Crippen LogP contribution < -0.4 is 5.32 Å². The molecule has 3 rings (SSSR count). The van der Waals surface area contributed by atoms with Gasteiger partial charge in [-0.1, -0.05) is 6.07 Å². The third-order valence-electron chi connectivity index (χ3n) is 3.53. The lowest BCUT2D eigenvalue weighted by Crippen LogP contribution is -2.12. The lowest BCUT2D eigenvalue weighted by Gasteiger charge is -2.06. The minimum Gasteiger partial charge on any atom is -0.321 e. The van der Waals surface area contributed by atoms with Crippen LogP contribution in [0.15, 0.2) is 30.5 Å². The number of anilines is 1. The number of rotatable bonds is 3. The predicted octanol–water partition coefficient (Wildman–Crippen LogP) is 2.74. The second-order valence-electron chi connectivity index (χ2n) is 5.16. The zero-order chi connectivity index (χ0) is 16.6. The maximum Gasteiger partial charge on any atom is 0.273 e. The lowest BCUT2D eigenvalue weighted by molar-refractivity contribution is -0.385. The van der Waals surface area contributed by atoms with E-state index in [2.05, 4.69) is 20.5 Å². The number of fused-ring (bicyclic) bond motifs is 1. The number of amides is 1. The third kappa shape index (κ3) is 2.73. The highest BCUT2D eigenvalue weighted by Gasteiger charge is 2.15. The first-order valence-electron chi connectivity index (χ1n) is 6.83. The number of nitrogens with zero attached hydrogens (tertiary/aromatic N) is 3. The third-order valence-corrected chi connectivity index (χ3v) is 3.53. The average Bonchev–Trinajstić information content (AvgIpc) is 2.88. The van der Waals surface area contributed by atoms with E-state index in [0.29, 0.717) is 16.9 Å². The van der Waals surface area contributed by atoms with Crippen LogP contribution in [0.25, 0.3) is 11.0 Å². The summed E-state index contributed by atoms with van der Waals surface area (Å²) in [5, 5.41) is 21.3. The lowest BCUT2D eigenvalue weighted by atomic mass is 10.1. The quantitative estimate of drug-likeness (QED) is 0.570. The van der Waals surface area contributed by atoms with Crippen LogP contribution in [0.1, 0.15) is 21.6 Å². The van der Waals surface area contributed by atoms with Gasteiger partial charge >= 0.3 is 0 Å². The topological polar surface area (TPSA) is 114 Å². The number of H-pyrrole nitrogens is 1. The van der Waals surface area contributed by atoms with Gasteiger partial charge in [-0.2, -0.15) is 5.10 Å². The molecule has 2 heterocycles. The Hall–Kier alpha value is -3.29. The van der Waals surface area contributed by atoms with Crippen molar-refractivity contribution in [2.24, 2.45) is 0 Å². The number of carbonyl (C=O) groups is 1. The second-order valence-corrected chi connectivity index (χ2v) is 5.16. The Kier molecular flexibility index (Phi) is 3.49. The summed E-state index contributed by atoms with van der Waals surface area (Å²) in [6.45, 7) is 3.48. The fraction of sp³-hybridized carbons (Fsp3) is 0.133. The van der Waals surface area contributed by atoms with Crippen molar-refractivity contribution in [1.29, 1.82) is 0 Å². The molecule has 0 unspecified atom stereocenters. The summed E-state index contributed by atoms with van der Waals surface area (Å²) < 4.78 is 0. The van der Waals surface area contributed by atoms with E-state index in [0.717, 1.165) is 11.1 Å². The highest BCUT2D eigenvalue weighted by molar-refractivity contribution is 6.05. The van der Waals surface area contributed by atoms with Gasteiger partial charge in [-0.05, 0) is 26.0 Å². The number of hydrogen-bond acceptors (Lipinski definition) is 5. The maximum atomic E-state index is 12.3. The molecule has 0 aliphatic carbocycles. The Morgan fingerprint density at radius 1 is 1.30 bits per heavy atom. The van der Waals surface area contributed by atoms with E-state index in [1.54, 1.807) is 25.1 Å². The molecule has 1 aromatic carbocycles. The molecule has 0 aliphatic heterocycles. The molecule has 8 nitrogen and oxygen atoms in total. The molecule has 2 aromatic heterocycles. The molecule has 0 atom stereocenters. The molecule has 0 saturated carbocycles. The van der Waals surface area contributed by atoms with Crippen LogP contribution >= 0.6 is 0 Å². The molecule has 2 N–H and O–H groups in total. The molecule has 23 heavy (non-hydrogen) atoms. The number of aryl methyl sites for hydroxylation is 2. The van der Waals surface area contributed by atoms with Gasteiger partial charge in [0, 0.05) is 28.3 Å². The van der Waals surface area contributed by atoms with E-state index in [4.69, 9.17) is 0 Å². The number of hydrogen-bond donors (Lipinski definition) is 2. The number of carbonyl (C=O) groups excluding carboxylic acids is 1. The van der Waals surface area contributed by atoms with Gasteiger partial charge in [0.25, 0.3) is 11.6 Å². The fourth-order valence-corrected chi connectivity index (χ4v) is 2.24. The van der Waals surface area contributed by atoms with Gasteiger partial charge in [0.05, 0.1) is 16.8 Å². The summed E-state index contributed by atoms with van der Waals surface area (Å²) >= 11 is 0. The molecule has 8 heteroatoms. The van der Waals surface area contributed by atoms with Gasteiger partial charge in [-0.3, -0.25) is 20.0 Å². The van der Waals surface area contributed by atoms with Crippen molar-refractivity contribution in [3.05, 3.63) is 57.4 Å². The molecule has 0 saturated heterocycles. The largest absolute Gasteiger partial charge is 0.321 e.